The Labute approximate surface area is 139 Å². The number of carbonyl (C=O) groups excluding carboxylic acids is 1. The van der Waals surface area contributed by atoms with Crippen LogP contribution < -0.4 is 11.1 Å². The van der Waals surface area contributed by atoms with E-state index in [4.69, 9.17) is 5.73 Å². The van der Waals surface area contributed by atoms with Gasteiger partial charge in [-0.3, -0.25) is 4.79 Å². The molecule has 1 aromatic carbocycles. The van der Waals surface area contributed by atoms with E-state index in [0.717, 1.165) is 19.3 Å². The van der Waals surface area contributed by atoms with Gasteiger partial charge in [0.25, 0.3) is 0 Å². The number of nitrogens with two attached hydrogens (primary N) is 1. The Balaban J connectivity index is 0.00000176. The van der Waals surface area contributed by atoms with Crippen molar-refractivity contribution in [2.24, 2.45) is 17.6 Å². The summed E-state index contributed by atoms with van der Waals surface area (Å²) in [6.07, 6.45) is 7.43. The average molecular weight is 323 g/mol. The van der Waals surface area contributed by atoms with Gasteiger partial charge in [-0.15, -0.1) is 12.4 Å². The lowest BCUT2D eigenvalue weighted by molar-refractivity contribution is -0.122. The fourth-order valence-electron chi connectivity index (χ4n) is 3.52. The van der Waals surface area contributed by atoms with Gasteiger partial charge >= 0.3 is 0 Å². The van der Waals surface area contributed by atoms with Crippen molar-refractivity contribution < 1.29 is 4.79 Å². The van der Waals surface area contributed by atoms with Gasteiger partial charge in [-0.05, 0) is 49.5 Å². The van der Waals surface area contributed by atoms with Gasteiger partial charge in [0.2, 0.25) is 5.91 Å². The van der Waals surface area contributed by atoms with Gasteiger partial charge in [0.05, 0.1) is 0 Å². The molecule has 2 aliphatic rings. The maximum atomic E-state index is 12.3. The van der Waals surface area contributed by atoms with Crippen LogP contribution in [0.4, 0.5) is 0 Å². The quantitative estimate of drug-likeness (QED) is 0.845. The van der Waals surface area contributed by atoms with E-state index in [1.807, 2.05) is 6.07 Å². The van der Waals surface area contributed by atoms with E-state index in [2.05, 4.69) is 29.6 Å². The molecule has 22 heavy (non-hydrogen) atoms. The van der Waals surface area contributed by atoms with Crippen LogP contribution in [0.2, 0.25) is 0 Å². The molecular weight excluding hydrogens is 296 g/mol. The number of benzene rings is 1. The maximum Gasteiger partial charge on any atom is 0.220 e. The fourth-order valence-corrected chi connectivity index (χ4v) is 3.52. The zero-order valence-corrected chi connectivity index (χ0v) is 13.9. The summed E-state index contributed by atoms with van der Waals surface area (Å²) in [5.41, 5.74) is 7.39. The number of halogens is 1. The molecule has 3 N–H and O–H groups in total. The smallest absolute Gasteiger partial charge is 0.220 e. The second-order valence-corrected chi connectivity index (χ2v) is 6.76. The second kappa shape index (κ2) is 7.98. The molecule has 0 spiro atoms. The minimum absolute atomic E-state index is 0. The van der Waals surface area contributed by atoms with Crippen LogP contribution in [0.1, 0.15) is 44.1 Å². The Kier molecular flexibility index (Phi) is 6.27. The molecule has 3 nitrogen and oxygen atoms in total. The van der Waals surface area contributed by atoms with Gasteiger partial charge in [0, 0.05) is 18.5 Å². The number of amides is 1. The Morgan fingerprint density at radius 3 is 2.50 bits per heavy atom. The number of carbonyl (C=O) groups is 1. The molecule has 4 heteroatoms. The molecule has 2 aliphatic carbocycles. The van der Waals surface area contributed by atoms with Crippen molar-refractivity contribution in [3.05, 3.63) is 35.9 Å². The highest BCUT2D eigenvalue weighted by atomic mass is 35.5. The molecule has 1 amide bonds. The van der Waals surface area contributed by atoms with Crippen LogP contribution in [0.5, 0.6) is 0 Å². The van der Waals surface area contributed by atoms with Gasteiger partial charge in [-0.25, -0.2) is 0 Å². The van der Waals surface area contributed by atoms with E-state index in [9.17, 15) is 4.79 Å². The molecule has 2 saturated carbocycles. The van der Waals surface area contributed by atoms with Crippen LogP contribution in [0.3, 0.4) is 0 Å². The van der Waals surface area contributed by atoms with Crippen LogP contribution in [-0.4, -0.2) is 18.0 Å². The summed E-state index contributed by atoms with van der Waals surface area (Å²) >= 11 is 0. The number of nitrogens with one attached hydrogen (secondary N) is 1. The lowest BCUT2D eigenvalue weighted by atomic mass is 9.98. The van der Waals surface area contributed by atoms with E-state index < -0.39 is 0 Å². The van der Waals surface area contributed by atoms with Crippen LogP contribution >= 0.6 is 12.4 Å². The first-order valence-electron chi connectivity index (χ1n) is 8.31. The van der Waals surface area contributed by atoms with Crippen molar-refractivity contribution in [3.8, 4) is 0 Å². The molecule has 0 heterocycles. The topological polar surface area (TPSA) is 55.1 Å². The van der Waals surface area contributed by atoms with Crippen molar-refractivity contribution >= 4 is 18.3 Å². The molecule has 2 fully saturated rings. The molecule has 122 valence electrons. The van der Waals surface area contributed by atoms with E-state index in [1.54, 1.807) is 0 Å². The first kappa shape index (κ1) is 17.3. The standard InChI is InChI=1S/C18H26N2O.ClH/c19-16-8-4-7-15(16)12-18(21)20-17(14-9-10-14)11-13-5-2-1-3-6-13;/h1-3,5-6,14-17H,4,7-12,19H2,(H,20,21);1H/t15-,16+,17?;/m0./s1. The summed E-state index contributed by atoms with van der Waals surface area (Å²) in [6.45, 7) is 0. The molecule has 3 atom stereocenters. The van der Waals surface area contributed by atoms with Crippen molar-refractivity contribution in [2.45, 2.75) is 57.0 Å². The van der Waals surface area contributed by atoms with E-state index in [1.165, 1.54) is 24.8 Å². The van der Waals surface area contributed by atoms with Crippen molar-refractivity contribution in [3.63, 3.8) is 0 Å². The van der Waals surface area contributed by atoms with E-state index in [-0.39, 0.29) is 24.4 Å². The minimum atomic E-state index is 0. The molecule has 3 rings (SSSR count). The predicted octanol–water partition coefficient (Wildman–Crippen LogP) is 3.06. The summed E-state index contributed by atoms with van der Waals surface area (Å²) in [5, 5.41) is 3.28. The molecular formula is C18H27ClN2O. The molecule has 0 radical (unpaired) electrons. The summed E-state index contributed by atoms with van der Waals surface area (Å²) in [4.78, 5) is 12.3. The molecule has 0 bridgehead atoms. The van der Waals surface area contributed by atoms with Gasteiger partial charge in [0.15, 0.2) is 0 Å². The highest BCUT2D eigenvalue weighted by Gasteiger charge is 2.33. The third kappa shape index (κ3) is 4.72. The van der Waals surface area contributed by atoms with Crippen molar-refractivity contribution in [1.82, 2.24) is 5.32 Å². The Morgan fingerprint density at radius 2 is 1.91 bits per heavy atom. The third-order valence-electron chi connectivity index (χ3n) is 5.00. The Hall–Kier alpha value is -1.06. The molecule has 0 aliphatic heterocycles. The summed E-state index contributed by atoms with van der Waals surface area (Å²) < 4.78 is 0. The lowest BCUT2D eigenvalue weighted by Crippen LogP contribution is -2.40. The Bertz CT molecular complexity index is 475. The normalized spacial score (nSPS) is 25.3. The maximum absolute atomic E-state index is 12.3. The van der Waals surface area contributed by atoms with Crippen LogP contribution in [0, 0.1) is 11.8 Å². The van der Waals surface area contributed by atoms with E-state index >= 15 is 0 Å². The van der Waals surface area contributed by atoms with Crippen molar-refractivity contribution in [2.75, 3.05) is 0 Å². The second-order valence-electron chi connectivity index (χ2n) is 6.76. The molecule has 1 unspecified atom stereocenters. The monoisotopic (exact) mass is 322 g/mol. The zero-order chi connectivity index (χ0) is 14.7. The van der Waals surface area contributed by atoms with Gasteiger partial charge in [0.1, 0.15) is 0 Å². The van der Waals surface area contributed by atoms with E-state index in [0.29, 0.717) is 24.3 Å². The third-order valence-corrected chi connectivity index (χ3v) is 5.00. The largest absolute Gasteiger partial charge is 0.353 e. The predicted molar refractivity (Wildman–Crippen MR) is 92.0 cm³/mol. The summed E-state index contributed by atoms with van der Waals surface area (Å²) in [5.74, 6) is 1.26. The summed E-state index contributed by atoms with van der Waals surface area (Å²) in [6, 6.07) is 11.0. The van der Waals surface area contributed by atoms with Gasteiger partial charge in [-0.1, -0.05) is 36.8 Å². The zero-order valence-electron chi connectivity index (χ0n) is 13.0. The SMILES string of the molecule is Cl.N[C@@H]1CCC[C@H]1CC(=O)NC(Cc1ccccc1)C1CC1. The molecule has 0 saturated heterocycles. The first-order chi connectivity index (χ1) is 10.2. The fraction of sp³-hybridized carbons (Fsp3) is 0.611. The average Bonchev–Trinajstić information content (AvgIpc) is 3.25. The number of hydrogen-bond acceptors (Lipinski definition) is 2. The minimum Gasteiger partial charge on any atom is -0.353 e. The van der Waals surface area contributed by atoms with Gasteiger partial charge < -0.3 is 11.1 Å². The molecule has 0 aromatic heterocycles. The lowest BCUT2D eigenvalue weighted by Gasteiger charge is -2.21. The van der Waals surface area contributed by atoms with Crippen LogP contribution in [-0.2, 0) is 11.2 Å². The molecule has 1 aromatic rings. The number of hydrogen-bond donors (Lipinski definition) is 2. The van der Waals surface area contributed by atoms with Crippen molar-refractivity contribution in [1.29, 1.82) is 0 Å². The van der Waals surface area contributed by atoms with Crippen LogP contribution in [0.25, 0.3) is 0 Å². The number of rotatable bonds is 6. The van der Waals surface area contributed by atoms with Crippen LogP contribution in [0.15, 0.2) is 30.3 Å². The van der Waals surface area contributed by atoms with Gasteiger partial charge in [-0.2, -0.15) is 0 Å². The highest BCUT2D eigenvalue weighted by Crippen LogP contribution is 2.34. The Morgan fingerprint density at radius 1 is 1.18 bits per heavy atom. The first-order valence-corrected chi connectivity index (χ1v) is 8.31. The summed E-state index contributed by atoms with van der Waals surface area (Å²) in [7, 11) is 0. The highest BCUT2D eigenvalue weighted by molar-refractivity contribution is 5.85.